The molecular weight excluding hydrogens is 464 g/mol. The molecule has 0 saturated heterocycles. The molecule has 8 nitrogen and oxygen atoms in total. The molecule has 4 rings (SSSR count). The number of hydrogen-bond donors (Lipinski definition) is 3. The van der Waals surface area contributed by atoms with E-state index in [1.807, 2.05) is 27.7 Å². The average Bonchev–Trinajstić information content (AvgIpc) is 3.23. The van der Waals surface area contributed by atoms with Gasteiger partial charge in [0.25, 0.3) is 0 Å². The minimum atomic E-state index is -1.86. The molecule has 0 aromatic rings. The lowest BCUT2D eigenvalue weighted by Crippen LogP contribution is -2.66. The summed E-state index contributed by atoms with van der Waals surface area (Å²) in [5.74, 6) is -4.23. The Morgan fingerprint density at radius 3 is 2.31 bits per heavy atom. The van der Waals surface area contributed by atoms with Crippen LogP contribution in [0.2, 0.25) is 0 Å². The largest absolute Gasteiger partial charge is 0.458 e. The average molecular weight is 507 g/mol. The van der Waals surface area contributed by atoms with E-state index in [-0.39, 0.29) is 37.8 Å². The molecule has 4 aliphatic carbocycles. The van der Waals surface area contributed by atoms with Gasteiger partial charge in [-0.15, -0.1) is 0 Å². The van der Waals surface area contributed by atoms with Crippen LogP contribution in [0.3, 0.4) is 0 Å². The topological polar surface area (TPSA) is 130 Å². The fourth-order valence-corrected chi connectivity index (χ4v) is 8.19. The lowest BCUT2D eigenvalue weighted by Gasteiger charge is -2.53. The van der Waals surface area contributed by atoms with Crippen molar-refractivity contribution in [1.82, 2.24) is 0 Å². The number of esters is 2. The third-order valence-corrected chi connectivity index (χ3v) is 9.84. The maximum absolute atomic E-state index is 13.2. The Labute approximate surface area is 213 Å². The van der Waals surface area contributed by atoms with Crippen molar-refractivity contribution >= 4 is 17.7 Å². The number of hydrogen-bond acceptors (Lipinski definition) is 8. The molecule has 0 aromatic carbocycles. The van der Waals surface area contributed by atoms with Crippen LogP contribution < -0.4 is 0 Å². The molecule has 9 atom stereocenters. The predicted octanol–water partition coefficient (Wildman–Crippen LogP) is 2.71. The highest BCUT2D eigenvalue weighted by Crippen LogP contribution is 2.77. The Hall–Kier alpha value is -1.77. The highest BCUT2D eigenvalue weighted by Gasteiger charge is 2.88. The maximum Gasteiger partial charge on any atom is 0.306 e. The Morgan fingerprint density at radius 1 is 1.11 bits per heavy atom. The summed E-state index contributed by atoms with van der Waals surface area (Å²) in [6.07, 6.45) is 2.69. The van der Waals surface area contributed by atoms with Crippen molar-refractivity contribution in [3.63, 3.8) is 0 Å². The number of rotatable bonds is 7. The van der Waals surface area contributed by atoms with E-state index in [1.165, 1.54) is 0 Å². The Balaban J connectivity index is 1.89. The van der Waals surface area contributed by atoms with Crippen LogP contribution in [0.15, 0.2) is 11.6 Å². The number of fused-ring (bicyclic) bond motifs is 5. The van der Waals surface area contributed by atoms with Gasteiger partial charge in [-0.2, -0.15) is 0 Å². The van der Waals surface area contributed by atoms with Gasteiger partial charge in [0, 0.05) is 42.6 Å². The molecule has 0 aliphatic heterocycles. The number of carbonyl (C=O) groups excluding carboxylic acids is 3. The van der Waals surface area contributed by atoms with E-state index in [1.54, 1.807) is 19.9 Å². The summed E-state index contributed by atoms with van der Waals surface area (Å²) in [6.45, 7) is 10.8. The van der Waals surface area contributed by atoms with Gasteiger partial charge in [-0.05, 0) is 50.0 Å². The van der Waals surface area contributed by atoms with Gasteiger partial charge in [0.15, 0.2) is 11.4 Å². The summed E-state index contributed by atoms with van der Waals surface area (Å²) in [6, 6.07) is 0. The third kappa shape index (κ3) is 3.47. The van der Waals surface area contributed by atoms with E-state index in [0.717, 1.165) is 0 Å². The molecular formula is C28H42O8. The van der Waals surface area contributed by atoms with Crippen molar-refractivity contribution in [1.29, 1.82) is 0 Å². The molecule has 3 N–H and O–H groups in total. The molecule has 0 spiro atoms. The van der Waals surface area contributed by atoms with Crippen LogP contribution in [0.4, 0.5) is 0 Å². The van der Waals surface area contributed by atoms with Crippen molar-refractivity contribution in [3.05, 3.63) is 11.6 Å². The van der Waals surface area contributed by atoms with E-state index < -0.39 is 63.7 Å². The van der Waals surface area contributed by atoms with E-state index in [4.69, 9.17) is 9.47 Å². The first-order chi connectivity index (χ1) is 16.8. The Bertz CT molecular complexity index is 971. The van der Waals surface area contributed by atoms with Gasteiger partial charge in [-0.3, -0.25) is 14.4 Å². The molecule has 202 valence electrons. The van der Waals surface area contributed by atoms with Crippen molar-refractivity contribution < 1.29 is 39.2 Å². The van der Waals surface area contributed by atoms with Gasteiger partial charge >= 0.3 is 11.9 Å². The van der Waals surface area contributed by atoms with Gasteiger partial charge in [0.1, 0.15) is 11.7 Å². The van der Waals surface area contributed by atoms with Crippen LogP contribution in [-0.2, 0) is 23.9 Å². The number of Topliss-reactive ketones (excluding diaryl/α,β-unsaturated/α-hetero) is 1. The second-order valence-corrected chi connectivity index (χ2v) is 12.2. The fourth-order valence-electron chi connectivity index (χ4n) is 8.19. The van der Waals surface area contributed by atoms with Crippen LogP contribution >= 0.6 is 0 Å². The minimum Gasteiger partial charge on any atom is -0.458 e. The van der Waals surface area contributed by atoms with E-state index in [2.05, 4.69) is 0 Å². The zero-order valence-corrected chi connectivity index (χ0v) is 22.4. The summed E-state index contributed by atoms with van der Waals surface area (Å²) in [4.78, 5) is 38.9. The fraction of sp³-hybridized carbons (Fsp3) is 0.821. The Kier molecular flexibility index (Phi) is 6.75. The predicted molar refractivity (Wildman–Crippen MR) is 130 cm³/mol. The monoisotopic (exact) mass is 506 g/mol. The number of ketones is 1. The van der Waals surface area contributed by atoms with E-state index >= 15 is 0 Å². The van der Waals surface area contributed by atoms with E-state index in [9.17, 15) is 29.7 Å². The number of aliphatic hydroxyl groups is 3. The molecule has 8 heteroatoms. The van der Waals surface area contributed by atoms with Gasteiger partial charge in [0.05, 0.1) is 5.60 Å². The maximum atomic E-state index is 13.2. The smallest absolute Gasteiger partial charge is 0.306 e. The van der Waals surface area contributed by atoms with Crippen LogP contribution in [0, 0.1) is 35.0 Å². The van der Waals surface area contributed by atoms with Crippen molar-refractivity contribution in [2.24, 2.45) is 35.0 Å². The second-order valence-electron chi connectivity index (χ2n) is 12.2. The van der Waals surface area contributed by atoms with Crippen LogP contribution in [0.25, 0.3) is 0 Å². The number of carbonyl (C=O) groups is 3. The van der Waals surface area contributed by atoms with Gasteiger partial charge < -0.3 is 24.8 Å². The standard InChI is InChI=1S/C28H42O8/c1-7-9-20(30)35-24-16(4)27(34)18(22-25(5,6)28(22,24)36-21(31)10-8-2)12-17(14-29)13-26(33)19(27)11-15(3)23(26)32/h11,16-19,22,24,29,33-34H,7-10,12-14H2,1-6H3/t16-,17?,18+,19-,22+,24-,26-,27-,28-/m1/s1. The molecule has 36 heavy (non-hydrogen) atoms. The highest BCUT2D eigenvalue weighted by molar-refractivity contribution is 6.04. The quantitative estimate of drug-likeness (QED) is 0.450. The van der Waals surface area contributed by atoms with Crippen molar-refractivity contribution in [2.75, 3.05) is 6.61 Å². The summed E-state index contributed by atoms with van der Waals surface area (Å²) in [7, 11) is 0. The molecule has 0 aromatic heterocycles. The highest BCUT2D eigenvalue weighted by atomic mass is 16.6. The molecule has 0 amide bonds. The molecule has 0 radical (unpaired) electrons. The summed E-state index contributed by atoms with van der Waals surface area (Å²) >= 11 is 0. The normalized spacial score (nSPS) is 44.5. The van der Waals surface area contributed by atoms with Gasteiger partial charge in [-0.1, -0.05) is 40.7 Å². The van der Waals surface area contributed by atoms with Crippen molar-refractivity contribution in [3.8, 4) is 0 Å². The molecule has 3 fully saturated rings. The van der Waals surface area contributed by atoms with Gasteiger partial charge in [-0.25, -0.2) is 0 Å². The molecule has 4 aliphatic rings. The Morgan fingerprint density at radius 2 is 1.72 bits per heavy atom. The zero-order chi connectivity index (χ0) is 26.8. The van der Waals surface area contributed by atoms with Crippen LogP contribution in [0.5, 0.6) is 0 Å². The molecule has 1 unspecified atom stereocenters. The summed E-state index contributed by atoms with van der Waals surface area (Å²) < 4.78 is 12.3. The first-order valence-electron chi connectivity index (χ1n) is 13.5. The molecule has 0 bridgehead atoms. The molecule has 0 heterocycles. The zero-order valence-electron chi connectivity index (χ0n) is 22.4. The molecule has 3 saturated carbocycles. The van der Waals surface area contributed by atoms with Crippen molar-refractivity contribution in [2.45, 2.75) is 103 Å². The first kappa shape index (κ1) is 27.3. The van der Waals surface area contributed by atoms with E-state index in [0.29, 0.717) is 24.8 Å². The minimum absolute atomic E-state index is 0.0302. The lowest BCUT2D eigenvalue weighted by atomic mass is 9.58. The first-order valence-corrected chi connectivity index (χ1v) is 13.5. The van der Waals surface area contributed by atoms with Crippen LogP contribution in [0.1, 0.15) is 80.1 Å². The SMILES string of the molecule is CCCC(=O)O[C@@H]1[C@@H](C)[C@@]2(O)[C@@H](CC(CO)C[C@]3(O)C(=O)C(C)=C[C@@H]23)[C@H]2C(C)(C)[C@]12OC(=O)CCC. The summed E-state index contributed by atoms with van der Waals surface area (Å²) in [5.41, 5.74) is -4.88. The van der Waals surface area contributed by atoms with Crippen LogP contribution in [-0.4, -0.2) is 62.6 Å². The number of ether oxygens (including phenoxy) is 2. The summed E-state index contributed by atoms with van der Waals surface area (Å²) in [5, 5.41) is 34.6. The second kappa shape index (κ2) is 8.91. The lowest BCUT2D eigenvalue weighted by molar-refractivity contribution is -0.233. The number of aliphatic hydroxyl groups excluding tert-OH is 1. The third-order valence-electron chi connectivity index (χ3n) is 9.84. The van der Waals surface area contributed by atoms with Gasteiger partial charge in [0.2, 0.25) is 0 Å².